The monoisotopic (exact) mass is 413 g/mol. The van der Waals surface area contributed by atoms with Gasteiger partial charge in [0.15, 0.2) is 5.65 Å². The summed E-state index contributed by atoms with van der Waals surface area (Å²) in [4.78, 5) is 8.33. The fourth-order valence-corrected chi connectivity index (χ4v) is 3.84. The highest BCUT2D eigenvalue weighted by Crippen LogP contribution is 2.29. The second-order valence-electron chi connectivity index (χ2n) is 6.23. The molecule has 4 rings (SSSR count). The molecular weight excluding hydrogens is 397 g/mol. The molecule has 0 saturated carbocycles. The fourth-order valence-electron chi connectivity index (χ4n) is 2.79. The van der Waals surface area contributed by atoms with Crippen LogP contribution in [0.5, 0.6) is 5.88 Å². The van der Waals surface area contributed by atoms with Crippen molar-refractivity contribution in [2.75, 3.05) is 11.8 Å². The number of anilines is 1. The first-order valence-electron chi connectivity index (χ1n) is 8.51. The quantitative estimate of drug-likeness (QED) is 0.540. The molecule has 0 aliphatic carbocycles. The number of nitrogens with one attached hydrogen (secondary N) is 1. The zero-order valence-electron chi connectivity index (χ0n) is 15.5. The predicted molar refractivity (Wildman–Crippen MR) is 105 cm³/mol. The van der Waals surface area contributed by atoms with Gasteiger partial charge in [0.25, 0.3) is 10.0 Å². The number of aryl methyl sites for hydroxylation is 1. The van der Waals surface area contributed by atoms with Crippen LogP contribution in [0.25, 0.3) is 16.9 Å². The number of nitrogens with zero attached hydrogens (tertiary/aromatic N) is 4. The zero-order chi connectivity index (χ0) is 20.6. The Balaban J connectivity index is 1.74. The van der Waals surface area contributed by atoms with Crippen molar-refractivity contribution < 1.29 is 17.5 Å². The van der Waals surface area contributed by atoms with Gasteiger partial charge in [0, 0.05) is 11.8 Å². The summed E-state index contributed by atoms with van der Waals surface area (Å²) >= 11 is 0. The summed E-state index contributed by atoms with van der Waals surface area (Å²) in [6.07, 6.45) is 3.25. The van der Waals surface area contributed by atoms with E-state index in [1.165, 1.54) is 25.4 Å². The molecule has 10 heteroatoms. The molecule has 29 heavy (non-hydrogen) atoms. The third kappa shape index (κ3) is 3.61. The van der Waals surface area contributed by atoms with Crippen LogP contribution < -0.4 is 9.46 Å². The molecule has 0 aliphatic heterocycles. The lowest BCUT2D eigenvalue weighted by molar-refractivity contribution is 0.400. The maximum atomic E-state index is 13.1. The Kier molecular flexibility index (Phi) is 4.63. The first kappa shape index (κ1) is 18.8. The molecular formula is C19H16FN5O3S. The van der Waals surface area contributed by atoms with E-state index < -0.39 is 15.8 Å². The van der Waals surface area contributed by atoms with E-state index in [1.54, 1.807) is 22.8 Å². The average molecular weight is 413 g/mol. The molecule has 0 aliphatic rings. The van der Waals surface area contributed by atoms with Crippen LogP contribution in [0, 0.1) is 12.7 Å². The second kappa shape index (κ2) is 7.13. The van der Waals surface area contributed by atoms with Crippen LogP contribution >= 0.6 is 0 Å². The van der Waals surface area contributed by atoms with Crippen LogP contribution in [0.2, 0.25) is 0 Å². The van der Waals surface area contributed by atoms with Gasteiger partial charge in [-0.2, -0.15) is 5.10 Å². The van der Waals surface area contributed by atoms with E-state index in [1.807, 2.05) is 13.0 Å². The number of benzene rings is 1. The molecule has 0 saturated heterocycles. The van der Waals surface area contributed by atoms with Crippen LogP contribution in [0.1, 0.15) is 5.69 Å². The van der Waals surface area contributed by atoms with E-state index >= 15 is 0 Å². The normalized spacial score (nSPS) is 11.6. The number of fused-ring (bicyclic) bond motifs is 1. The van der Waals surface area contributed by atoms with Gasteiger partial charge in [0.05, 0.1) is 29.6 Å². The summed E-state index contributed by atoms with van der Waals surface area (Å²) in [5.74, 6) is -0.430. The number of sulfonamides is 1. The highest BCUT2D eigenvalue weighted by Gasteiger charge is 2.18. The number of imidazole rings is 1. The number of rotatable bonds is 5. The van der Waals surface area contributed by atoms with Crippen molar-refractivity contribution in [2.45, 2.75) is 11.8 Å². The smallest absolute Gasteiger partial charge is 0.262 e. The van der Waals surface area contributed by atoms with Gasteiger partial charge >= 0.3 is 0 Å². The summed E-state index contributed by atoms with van der Waals surface area (Å²) in [5.41, 5.74) is 2.86. The summed E-state index contributed by atoms with van der Waals surface area (Å²) in [6, 6.07) is 9.66. The molecule has 3 heterocycles. The number of hydrogen-bond acceptors (Lipinski definition) is 6. The minimum absolute atomic E-state index is 0.0834. The lowest BCUT2D eigenvalue weighted by atomic mass is 10.2. The molecule has 0 amide bonds. The lowest BCUT2D eigenvalue weighted by Crippen LogP contribution is -2.14. The Morgan fingerprint density at radius 1 is 1.07 bits per heavy atom. The molecule has 4 aromatic rings. The molecule has 0 unspecified atom stereocenters. The Hall–Kier alpha value is -3.53. The van der Waals surface area contributed by atoms with Crippen LogP contribution in [-0.4, -0.2) is 35.1 Å². The molecule has 0 spiro atoms. The Morgan fingerprint density at radius 2 is 1.83 bits per heavy atom. The maximum Gasteiger partial charge on any atom is 0.262 e. The number of pyridine rings is 1. The zero-order valence-corrected chi connectivity index (χ0v) is 16.3. The third-order valence-corrected chi connectivity index (χ3v) is 5.62. The van der Waals surface area contributed by atoms with E-state index in [-0.39, 0.29) is 16.5 Å². The highest BCUT2D eigenvalue weighted by molar-refractivity contribution is 7.92. The minimum Gasteiger partial charge on any atom is -0.480 e. The number of hydrogen-bond donors (Lipinski definition) is 1. The SMILES string of the molecule is COc1ncc(-c2ccc3ncc(C)n3n2)cc1NS(=O)(=O)c1ccc(F)cc1. The molecule has 0 atom stereocenters. The van der Waals surface area contributed by atoms with E-state index in [9.17, 15) is 12.8 Å². The molecule has 0 radical (unpaired) electrons. The molecule has 8 nitrogen and oxygen atoms in total. The van der Waals surface area contributed by atoms with Crippen molar-refractivity contribution in [3.63, 3.8) is 0 Å². The van der Waals surface area contributed by atoms with Gasteiger partial charge in [-0.3, -0.25) is 4.72 Å². The van der Waals surface area contributed by atoms with Gasteiger partial charge in [0.1, 0.15) is 11.5 Å². The minimum atomic E-state index is -3.97. The van der Waals surface area contributed by atoms with Gasteiger partial charge in [0.2, 0.25) is 5.88 Å². The first-order chi connectivity index (χ1) is 13.9. The van der Waals surface area contributed by atoms with Gasteiger partial charge in [-0.1, -0.05) is 0 Å². The standard InChI is InChI=1S/C19H16FN5O3S/c1-12-10-21-18-8-7-16(23-25(12)18)13-9-17(19(28-2)22-11-13)24-29(26,27)15-5-3-14(20)4-6-15/h3-11,24H,1-2H3. The van der Waals surface area contributed by atoms with Crippen molar-refractivity contribution in [1.82, 2.24) is 19.6 Å². The van der Waals surface area contributed by atoms with E-state index in [2.05, 4.69) is 19.8 Å². The number of methoxy groups -OCH3 is 1. The summed E-state index contributed by atoms with van der Waals surface area (Å²) in [6.45, 7) is 1.88. The molecule has 148 valence electrons. The van der Waals surface area contributed by atoms with Crippen molar-refractivity contribution >= 4 is 21.4 Å². The largest absolute Gasteiger partial charge is 0.480 e. The Labute approximate surface area is 166 Å². The van der Waals surface area contributed by atoms with Gasteiger partial charge in [-0.25, -0.2) is 27.3 Å². The first-order valence-corrected chi connectivity index (χ1v) is 10.00. The van der Waals surface area contributed by atoms with Gasteiger partial charge in [-0.05, 0) is 49.4 Å². The van der Waals surface area contributed by atoms with Crippen molar-refractivity contribution in [2.24, 2.45) is 0 Å². The van der Waals surface area contributed by atoms with Crippen LogP contribution in [0.3, 0.4) is 0 Å². The molecule has 0 bridgehead atoms. The third-order valence-electron chi connectivity index (χ3n) is 4.24. The van der Waals surface area contributed by atoms with Crippen molar-refractivity contribution in [3.8, 4) is 17.1 Å². The Morgan fingerprint density at radius 3 is 2.55 bits per heavy atom. The highest BCUT2D eigenvalue weighted by atomic mass is 32.2. The maximum absolute atomic E-state index is 13.1. The van der Waals surface area contributed by atoms with E-state index in [0.29, 0.717) is 16.9 Å². The van der Waals surface area contributed by atoms with E-state index in [4.69, 9.17) is 4.74 Å². The van der Waals surface area contributed by atoms with Crippen LogP contribution in [-0.2, 0) is 10.0 Å². The van der Waals surface area contributed by atoms with Gasteiger partial charge in [-0.15, -0.1) is 0 Å². The summed E-state index contributed by atoms with van der Waals surface area (Å²) in [5, 5.41) is 4.52. The summed E-state index contributed by atoms with van der Waals surface area (Å²) < 4.78 is 47.8. The number of halogens is 1. The fraction of sp³-hybridized carbons (Fsp3) is 0.105. The summed E-state index contributed by atoms with van der Waals surface area (Å²) in [7, 11) is -2.58. The van der Waals surface area contributed by atoms with Crippen LogP contribution in [0.15, 0.2) is 59.8 Å². The molecule has 3 aromatic heterocycles. The molecule has 0 fully saturated rings. The van der Waals surface area contributed by atoms with E-state index in [0.717, 1.165) is 17.8 Å². The number of aromatic nitrogens is 4. The molecule has 1 aromatic carbocycles. The predicted octanol–water partition coefficient (Wildman–Crippen LogP) is 3.05. The Bertz CT molecular complexity index is 1300. The van der Waals surface area contributed by atoms with Crippen molar-refractivity contribution in [1.29, 1.82) is 0 Å². The number of ether oxygens (including phenoxy) is 1. The van der Waals surface area contributed by atoms with Gasteiger partial charge < -0.3 is 4.74 Å². The topological polar surface area (TPSA) is 98.5 Å². The second-order valence-corrected chi connectivity index (χ2v) is 7.91. The lowest BCUT2D eigenvalue weighted by Gasteiger charge is -2.12. The van der Waals surface area contributed by atoms with Crippen LogP contribution in [0.4, 0.5) is 10.1 Å². The molecule has 1 N–H and O–H groups in total. The van der Waals surface area contributed by atoms with Crippen molar-refractivity contribution in [3.05, 3.63) is 66.4 Å². The average Bonchev–Trinajstić information content (AvgIpc) is 3.08.